The van der Waals surface area contributed by atoms with Gasteiger partial charge in [0.1, 0.15) is 11.6 Å². The Morgan fingerprint density at radius 2 is 2.10 bits per heavy atom. The van der Waals surface area contributed by atoms with Crippen molar-refractivity contribution in [3.05, 3.63) is 57.9 Å². The topological polar surface area (TPSA) is 79.0 Å². The van der Waals surface area contributed by atoms with Gasteiger partial charge in [-0.15, -0.1) is 0 Å². The summed E-state index contributed by atoms with van der Waals surface area (Å²) in [5.74, 6) is 0.308. The van der Waals surface area contributed by atoms with E-state index in [2.05, 4.69) is 40.7 Å². The Labute approximate surface area is 191 Å². The average Bonchev–Trinajstić information content (AvgIpc) is 3.23. The molecule has 0 fully saturated rings. The monoisotopic (exact) mass is 512 g/mol. The maximum atomic E-state index is 13.8. The normalized spacial score (nSPS) is 11.9. The zero-order valence-corrected chi connectivity index (χ0v) is 19.3. The fourth-order valence-corrected chi connectivity index (χ4v) is 3.76. The first-order valence-electron chi connectivity index (χ1n) is 8.92. The second-order valence-electron chi connectivity index (χ2n) is 6.41. The number of hydrogen-bond donors (Lipinski definition) is 3. The highest BCUT2D eigenvalue weighted by Crippen LogP contribution is 2.31. The number of imidazole rings is 1. The number of nitrogens with zero attached hydrogens (tertiary/aromatic N) is 1. The van der Waals surface area contributed by atoms with Gasteiger partial charge in [-0.2, -0.15) is 0 Å². The smallest absolute Gasteiger partial charge is 0.406 e. The quantitative estimate of drug-likeness (QED) is 0.356. The summed E-state index contributed by atoms with van der Waals surface area (Å²) in [6.45, 7) is 2.33. The van der Waals surface area contributed by atoms with Crippen LogP contribution in [0.5, 0.6) is 0 Å². The summed E-state index contributed by atoms with van der Waals surface area (Å²) in [7, 11) is 1.32. The van der Waals surface area contributed by atoms with Gasteiger partial charge in [0.25, 0.3) is 0 Å². The van der Waals surface area contributed by atoms with Crippen molar-refractivity contribution in [2.45, 2.75) is 17.9 Å². The van der Waals surface area contributed by atoms with E-state index in [1.54, 1.807) is 24.4 Å². The number of rotatable bonds is 7. The molecule has 2 aromatic carbocycles. The third kappa shape index (κ3) is 5.75. The number of alkyl carbamates (subject to hydrolysis) is 1. The summed E-state index contributed by atoms with van der Waals surface area (Å²) in [5.41, 5.74) is 2.25. The van der Waals surface area contributed by atoms with Crippen LogP contribution in [0.25, 0.3) is 22.6 Å². The van der Waals surface area contributed by atoms with E-state index in [4.69, 9.17) is 11.6 Å². The first-order chi connectivity index (χ1) is 14.4. The number of amides is 1. The Bertz CT molecular complexity index is 1050. The Balaban J connectivity index is 1.71. The molecule has 1 unspecified atom stereocenters. The number of aromatic amines is 1. The number of nitrogens with one attached hydrogen (secondary N) is 3. The molecule has 0 aliphatic rings. The predicted octanol–water partition coefficient (Wildman–Crippen LogP) is 5.64. The molecule has 0 spiro atoms. The van der Waals surface area contributed by atoms with Gasteiger partial charge < -0.3 is 15.0 Å². The number of methoxy groups -OCH3 is 1. The highest BCUT2D eigenvalue weighted by Gasteiger charge is 2.12. The van der Waals surface area contributed by atoms with Crippen LogP contribution in [-0.4, -0.2) is 35.8 Å². The van der Waals surface area contributed by atoms with Crippen LogP contribution in [0.1, 0.15) is 6.92 Å². The predicted molar refractivity (Wildman–Crippen MR) is 121 cm³/mol. The van der Waals surface area contributed by atoms with Gasteiger partial charge in [-0.1, -0.05) is 17.7 Å². The Morgan fingerprint density at radius 3 is 2.83 bits per heavy atom. The number of carbonyl (C=O) groups excluding carboxylic acids is 1. The molecule has 1 atom stereocenters. The summed E-state index contributed by atoms with van der Waals surface area (Å²) >= 11 is 10.8. The van der Waals surface area contributed by atoms with E-state index in [0.29, 0.717) is 33.1 Å². The van der Waals surface area contributed by atoms with Crippen LogP contribution in [-0.2, 0) is 4.74 Å². The van der Waals surface area contributed by atoms with E-state index in [-0.39, 0.29) is 11.9 Å². The Morgan fingerprint density at radius 1 is 1.33 bits per heavy atom. The van der Waals surface area contributed by atoms with E-state index in [9.17, 15) is 9.18 Å². The molecule has 1 aromatic heterocycles. The van der Waals surface area contributed by atoms with Crippen molar-refractivity contribution < 1.29 is 13.9 Å². The molecule has 0 aliphatic heterocycles. The van der Waals surface area contributed by atoms with Crippen LogP contribution in [0.2, 0.25) is 5.02 Å². The molecule has 1 heterocycles. The van der Waals surface area contributed by atoms with E-state index < -0.39 is 6.09 Å². The standard InChI is InChI=1S/C20H19BrClFN4O2S/c1-11(9-25-20(28)29-2)27-30-18-8-13(4-6-15(18)22)19-24-10-17(26-19)12-3-5-14(21)16(23)7-12/h3-8,10-11,27H,9H2,1-2H3,(H,24,26)(H,25,28). The van der Waals surface area contributed by atoms with Crippen molar-refractivity contribution in [3.8, 4) is 22.6 Å². The molecule has 3 N–H and O–H groups in total. The number of aromatic nitrogens is 2. The zero-order chi connectivity index (χ0) is 21.7. The molecule has 1 amide bonds. The SMILES string of the molecule is COC(=O)NCC(C)NSc1cc(-c2ncc(-c3ccc(Br)c(F)c3)[nH]2)ccc1Cl. The molecular weight excluding hydrogens is 495 g/mol. The minimum Gasteiger partial charge on any atom is -0.453 e. The van der Waals surface area contributed by atoms with Crippen LogP contribution >= 0.6 is 39.5 Å². The molecule has 3 aromatic rings. The number of carbonyl (C=O) groups is 1. The van der Waals surface area contributed by atoms with E-state index in [0.717, 1.165) is 10.5 Å². The van der Waals surface area contributed by atoms with Crippen molar-refractivity contribution in [3.63, 3.8) is 0 Å². The van der Waals surface area contributed by atoms with Crippen molar-refractivity contribution in [2.24, 2.45) is 0 Å². The lowest BCUT2D eigenvalue weighted by Crippen LogP contribution is -2.36. The molecule has 6 nitrogen and oxygen atoms in total. The molecule has 0 radical (unpaired) electrons. The van der Waals surface area contributed by atoms with Crippen LogP contribution in [0, 0.1) is 5.82 Å². The minimum atomic E-state index is -0.479. The molecule has 0 saturated heterocycles. The van der Waals surface area contributed by atoms with E-state index in [1.165, 1.54) is 25.1 Å². The largest absolute Gasteiger partial charge is 0.453 e. The van der Waals surface area contributed by atoms with Gasteiger partial charge in [-0.25, -0.2) is 14.2 Å². The number of ether oxygens (including phenoxy) is 1. The maximum Gasteiger partial charge on any atom is 0.406 e. The molecule has 0 aliphatic carbocycles. The summed E-state index contributed by atoms with van der Waals surface area (Å²) in [6, 6.07) is 10.4. The van der Waals surface area contributed by atoms with Crippen molar-refractivity contribution in [2.75, 3.05) is 13.7 Å². The van der Waals surface area contributed by atoms with E-state index in [1.807, 2.05) is 19.1 Å². The lowest BCUT2D eigenvalue weighted by molar-refractivity contribution is 0.170. The first kappa shape index (κ1) is 22.6. The fourth-order valence-electron chi connectivity index (χ4n) is 2.52. The maximum absolute atomic E-state index is 13.8. The number of H-pyrrole nitrogens is 1. The highest BCUT2D eigenvalue weighted by atomic mass is 79.9. The minimum absolute atomic E-state index is 0.0173. The van der Waals surface area contributed by atoms with Gasteiger partial charge in [0.15, 0.2) is 0 Å². The van der Waals surface area contributed by atoms with Crippen LogP contribution < -0.4 is 10.0 Å². The number of hydrogen-bond acceptors (Lipinski definition) is 5. The Hall–Kier alpha value is -2.07. The lowest BCUT2D eigenvalue weighted by Gasteiger charge is -2.14. The Kier molecular flexibility index (Phi) is 7.76. The number of halogens is 3. The van der Waals surface area contributed by atoms with E-state index >= 15 is 0 Å². The van der Waals surface area contributed by atoms with Gasteiger partial charge in [0.05, 0.1) is 28.5 Å². The van der Waals surface area contributed by atoms with Gasteiger partial charge in [0, 0.05) is 28.6 Å². The highest BCUT2D eigenvalue weighted by molar-refractivity contribution is 9.10. The van der Waals surface area contributed by atoms with Crippen molar-refractivity contribution in [1.82, 2.24) is 20.0 Å². The van der Waals surface area contributed by atoms with Crippen LogP contribution in [0.15, 0.2) is 52.0 Å². The summed E-state index contributed by atoms with van der Waals surface area (Å²) < 4.78 is 22.0. The summed E-state index contributed by atoms with van der Waals surface area (Å²) in [4.78, 5) is 19.6. The van der Waals surface area contributed by atoms with Crippen molar-refractivity contribution in [1.29, 1.82) is 0 Å². The van der Waals surface area contributed by atoms with Gasteiger partial charge in [-0.3, -0.25) is 4.72 Å². The van der Waals surface area contributed by atoms with Crippen LogP contribution in [0.3, 0.4) is 0 Å². The van der Waals surface area contributed by atoms with Gasteiger partial charge in [0.2, 0.25) is 0 Å². The molecule has 10 heteroatoms. The summed E-state index contributed by atoms with van der Waals surface area (Å²) in [5, 5.41) is 3.22. The molecule has 158 valence electrons. The molecule has 0 saturated carbocycles. The van der Waals surface area contributed by atoms with Crippen molar-refractivity contribution >= 4 is 45.6 Å². The lowest BCUT2D eigenvalue weighted by atomic mass is 10.2. The zero-order valence-electron chi connectivity index (χ0n) is 16.1. The summed E-state index contributed by atoms with van der Waals surface area (Å²) in [6.07, 6.45) is 1.19. The van der Waals surface area contributed by atoms with Gasteiger partial charge >= 0.3 is 6.09 Å². The van der Waals surface area contributed by atoms with Gasteiger partial charge in [-0.05, 0) is 65.1 Å². The number of benzene rings is 2. The first-order valence-corrected chi connectivity index (χ1v) is 10.9. The fraction of sp³-hybridized carbons (Fsp3) is 0.200. The molecule has 0 bridgehead atoms. The average molecular weight is 514 g/mol. The second kappa shape index (κ2) is 10.3. The molecule has 3 rings (SSSR count). The third-order valence-corrected chi connectivity index (χ3v) is 6.28. The third-order valence-electron chi connectivity index (χ3n) is 4.12. The molecular formula is C20H19BrClFN4O2S. The molecule has 30 heavy (non-hydrogen) atoms. The van der Waals surface area contributed by atoms with Crippen LogP contribution in [0.4, 0.5) is 9.18 Å². The second-order valence-corrected chi connectivity index (χ2v) is 8.55.